The first-order valence-electron chi connectivity index (χ1n) is 9.83. The number of thiazole rings is 1. The van der Waals surface area contributed by atoms with E-state index in [0.29, 0.717) is 16.5 Å². The van der Waals surface area contributed by atoms with Gasteiger partial charge in [-0.15, -0.1) is 0 Å². The molecule has 4 aromatic rings. The predicted molar refractivity (Wildman–Crippen MR) is 122 cm³/mol. The highest BCUT2D eigenvalue weighted by atomic mass is 32.2. The average Bonchev–Trinajstić information content (AvgIpc) is 3.41. The molecule has 8 heteroatoms. The van der Waals surface area contributed by atoms with Crippen LogP contribution in [0.3, 0.4) is 0 Å². The third-order valence-electron chi connectivity index (χ3n) is 5.20. The maximum absolute atomic E-state index is 13.4. The van der Waals surface area contributed by atoms with Crippen LogP contribution in [-0.2, 0) is 16.4 Å². The molecule has 31 heavy (non-hydrogen) atoms. The molecule has 1 amide bonds. The number of anilines is 1. The number of fused-ring (bicyclic) bond motifs is 1. The molecule has 2 aromatic heterocycles. The summed E-state index contributed by atoms with van der Waals surface area (Å²) in [7, 11) is -3.33. The van der Waals surface area contributed by atoms with Crippen molar-refractivity contribution in [3.63, 3.8) is 0 Å². The van der Waals surface area contributed by atoms with Crippen molar-refractivity contribution in [3.05, 3.63) is 77.2 Å². The minimum atomic E-state index is -3.33. The lowest BCUT2D eigenvalue weighted by molar-refractivity contribution is 0.0983. The van der Waals surface area contributed by atoms with E-state index in [2.05, 4.69) is 6.07 Å². The summed E-state index contributed by atoms with van der Waals surface area (Å²) in [6.45, 7) is 5.89. The van der Waals surface area contributed by atoms with Crippen LogP contribution >= 0.6 is 11.3 Å². The summed E-state index contributed by atoms with van der Waals surface area (Å²) in [6, 6.07) is 13.7. The summed E-state index contributed by atoms with van der Waals surface area (Å²) >= 11 is 1.44. The van der Waals surface area contributed by atoms with Gasteiger partial charge in [-0.1, -0.05) is 18.3 Å². The molecule has 0 saturated heterocycles. The minimum absolute atomic E-state index is 0.00937. The van der Waals surface area contributed by atoms with Crippen molar-refractivity contribution in [1.29, 1.82) is 0 Å². The average molecular weight is 455 g/mol. The first-order chi connectivity index (χ1) is 14.8. The van der Waals surface area contributed by atoms with Gasteiger partial charge in [-0.25, -0.2) is 13.4 Å². The minimum Gasteiger partial charge on any atom is -0.467 e. The van der Waals surface area contributed by atoms with Crippen molar-refractivity contribution in [1.82, 2.24) is 4.98 Å². The molecule has 0 saturated carbocycles. The number of aryl methyl sites for hydroxylation is 2. The van der Waals surface area contributed by atoms with E-state index in [1.165, 1.54) is 29.0 Å². The molecule has 0 aliphatic heterocycles. The maximum Gasteiger partial charge on any atom is 0.260 e. The van der Waals surface area contributed by atoms with E-state index in [4.69, 9.17) is 9.40 Å². The number of aromatic nitrogens is 1. The van der Waals surface area contributed by atoms with Crippen molar-refractivity contribution in [2.75, 3.05) is 10.7 Å². The largest absolute Gasteiger partial charge is 0.467 e. The smallest absolute Gasteiger partial charge is 0.260 e. The highest BCUT2D eigenvalue weighted by Gasteiger charge is 2.23. The van der Waals surface area contributed by atoms with Gasteiger partial charge < -0.3 is 4.42 Å². The number of furan rings is 1. The Bertz CT molecular complexity index is 1300. The van der Waals surface area contributed by atoms with Gasteiger partial charge in [-0.3, -0.25) is 9.69 Å². The van der Waals surface area contributed by atoms with Crippen LogP contribution in [0.25, 0.3) is 10.2 Å². The van der Waals surface area contributed by atoms with Crippen LogP contribution in [0.2, 0.25) is 0 Å². The highest BCUT2D eigenvalue weighted by Crippen LogP contribution is 2.32. The number of benzene rings is 2. The zero-order valence-electron chi connectivity index (χ0n) is 17.5. The molecule has 2 heterocycles. The highest BCUT2D eigenvalue weighted by molar-refractivity contribution is 7.91. The summed E-state index contributed by atoms with van der Waals surface area (Å²) in [5.74, 6) is 0.365. The zero-order valence-corrected chi connectivity index (χ0v) is 19.1. The van der Waals surface area contributed by atoms with Crippen LogP contribution in [0.1, 0.15) is 34.2 Å². The SMILES string of the molecule is CCS(=O)(=O)c1ccc(C(=O)N(Cc2ccco2)c2nc3cc(C)c(C)cc3s2)cc1. The van der Waals surface area contributed by atoms with E-state index >= 15 is 0 Å². The van der Waals surface area contributed by atoms with Crippen molar-refractivity contribution < 1.29 is 17.6 Å². The normalized spacial score (nSPS) is 11.7. The molecule has 160 valence electrons. The Morgan fingerprint density at radius 3 is 2.45 bits per heavy atom. The van der Waals surface area contributed by atoms with E-state index < -0.39 is 9.84 Å². The van der Waals surface area contributed by atoms with Gasteiger partial charge in [0, 0.05) is 5.56 Å². The molecule has 0 aliphatic rings. The van der Waals surface area contributed by atoms with Crippen LogP contribution in [0.15, 0.2) is 64.1 Å². The van der Waals surface area contributed by atoms with Crippen LogP contribution < -0.4 is 4.90 Å². The number of carbonyl (C=O) groups excluding carboxylic acids is 1. The van der Waals surface area contributed by atoms with Gasteiger partial charge in [0.2, 0.25) is 0 Å². The Morgan fingerprint density at radius 1 is 1.10 bits per heavy atom. The van der Waals surface area contributed by atoms with Crippen LogP contribution in [0, 0.1) is 13.8 Å². The number of hydrogen-bond acceptors (Lipinski definition) is 6. The Kier molecular flexibility index (Phi) is 5.68. The molecule has 4 rings (SSSR count). The summed E-state index contributed by atoms with van der Waals surface area (Å²) in [5.41, 5.74) is 3.53. The van der Waals surface area contributed by atoms with Crippen LogP contribution in [0.5, 0.6) is 0 Å². The van der Waals surface area contributed by atoms with E-state index in [1.54, 1.807) is 42.4 Å². The topological polar surface area (TPSA) is 80.5 Å². The Labute approximate surface area is 185 Å². The second-order valence-corrected chi connectivity index (χ2v) is 10.6. The van der Waals surface area contributed by atoms with Gasteiger partial charge in [0.15, 0.2) is 15.0 Å². The second-order valence-electron chi connectivity index (χ2n) is 7.30. The second kappa shape index (κ2) is 8.28. The number of rotatable bonds is 6. The molecule has 6 nitrogen and oxygen atoms in total. The molecule has 0 fully saturated rings. The number of sulfone groups is 1. The standard InChI is InChI=1S/C23H22N2O4S2/c1-4-31(27,28)19-9-7-17(8-10-19)22(26)25(14-18-6-5-11-29-18)23-24-20-12-15(2)16(3)13-21(20)30-23/h5-13H,4,14H2,1-3H3. The van der Waals surface area contributed by atoms with Crippen LogP contribution in [0.4, 0.5) is 5.13 Å². The third kappa shape index (κ3) is 4.26. The fourth-order valence-corrected chi connectivity index (χ4v) is 5.12. The van der Waals surface area contributed by atoms with Gasteiger partial charge >= 0.3 is 0 Å². The molecule has 2 aromatic carbocycles. The monoisotopic (exact) mass is 454 g/mol. The zero-order chi connectivity index (χ0) is 22.2. The van der Waals surface area contributed by atoms with Gasteiger partial charge in [0.25, 0.3) is 5.91 Å². The lowest BCUT2D eigenvalue weighted by Crippen LogP contribution is -2.30. The van der Waals surface area contributed by atoms with Gasteiger partial charge in [-0.05, 0) is 73.5 Å². The third-order valence-corrected chi connectivity index (χ3v) is 7.99. The Hall–Kier alpha value is -2.97. The molecule has 0 atom stereocenters. The molecule has 0 spiro atoms. The molecular formula is C23H22N2O4S2. The van der Waals surface area contributed by atoms with E-state index in [0.717, 1.165) is 15.8 Å². The van der Waals surface area contributed by atoms with Gasteiger partial charge in [0.1, 0.15) is 5.76 Å². The van der Waals surface area contributed by atoms with E-state index in [-0.39, 0.29) is 23.1 Å². The lowest BCUT2D eigenvalue weighted by Gasteiger charge is -2.19. The van der Waals surface area contributed by atoms with Gasteiger partial charge in [-0.2, -0.15) is 0 Å². The first-order valence-corrected chi connectivity index (χ1v) is 12.3. The van der Waals surface area contributed by atoms with Gasteiger partial charge in [0.05, 0.1) is 33.7 Å². The molecule has 0 unspecified atom stereocenters. The number of amides is 1. The molecule has 0 aliphatic carbocycles. The van der Waals surface area contributed by atoms with Crippen molar-refractivity contribution in [3.8, 4) is 0 Å². The summed E-state index contributed by atoms with van der Waals surface area (Å²) in [4.78, 5) is 19.9. The van der Waals surface area contributed by atoms with Crippen molar-refractivity contribution in [2.45, 2.75) is 32.2 Å². The summed E-state index contributed by atoms with van der Waals surface area (Å²) in [5, 5.41) is 0.562. The van der Waals surface area contributed by atoms with Crippen molar-refractivity contribution in [2.24, 2.45) is 0 Å². The van der Waals surface area contributed by atoms with E-state index in [9.17, 15) is 13.2 Å². The fourth-order valence-electron chi connectivity index (χ4n) is 3.20. The first kappa shape index (κ1) is 21.3. The number of nitrogens with zero attached hydrogens (tertiary/aromatic N) is 2. The lowest BCUT2D eigenvalue weighted by atomic mass is 10.1. The number of hydrogen-bond donors (Lipinski definition) is 0. The fraction of sp³-hybridized carbons (Fsp3) is 0.217. The summed E-state index contributed by atoms with van der Waals surface area (Å²) < 4.78 is 30.6. The molecule has 0 bridgehead atoms. The summed E-state index contributed by atoms with van der Waals surface area (Å²) in [6.07, 6.45) is 1.56. The molecule has 0 N–H and O–H groups in total. The molecule has 0 radical (unpaired) electrons. The molecular weight excluding hydrogens is 432 g/mol. The predicted octanol–water partition coefficient (Wildman–Crippen LogP) is 5.15. The Morgan fingerprint density at radius 2 is 1.81 bits per heavy atom. The number of carbonyl (C=O) groups is 1. The maximum atomic E-state index is 13.4. The quantitative estimate of drug-likeness (QED) is 0.403. The Balaban J connectivity index is 1.74. The van der Waals surface area contributed by atoms with Crippen molar-refractivity contribution >= 4 is 42.4 Å². The van der Waals surface area contributed by atoms with Crippen LogP contribution in [-0.4, -0.2) is 25.1 Å². The van der Waals surface area contributed by atoms with E-state index in [1.807, 2.05) is 19.9 Å².